The Morgan fingerprint density at radius 2 is 2.10 bits per heavy atom. The molecule has 1 aliphatic rings. The molecule has 1 unspecified atom stereocenters. The van der Waals surface area contributed by atoms with Gasteiger partial charge in [0, 0.05) is 13.1 Å². The summed E-state index contributed by atoms with van der Waals surface area (Å²) in [5, 5.41) is 0. The fourth-order valence-corrected chi connectivity index (χ4v) is 1.60. The Bertz CT molecular complexity index is 103. The Kier molecular flexibility index (Phi) is 2.69. The van der Waals surface area contributed by atoms with Crippen LogP contribution < -0.4 is 0 Å². The molecule has 2 nitrogen and oxygen atoms in total. The monoisotopic (exact) mass is 142 g/mol. The third-order valence-electron chi connectivity index (χ3n) is 2.53. The van der Waals surface area contributed by atoms with Crippen LogP contribution in [-0.2, 0) is 0 Å². The highest BCUT2D eigenvalue weighted by molar-refractivity contribution is 4.71. The molecule has 1 rings (SSSR count). The quantitative estimate of drug-likeness (QED) is 0.538. The number of hydrogen-bond donors (Lipinski definition) is 0. The van der Waals surface area contributed by atoms with Crippen molar-refractivity contribution in [2.45, 2.75) is 26.4 Å². The van der Waals surface area contributed by atoms with E-state index < -0.39 is 0 Å². The van der Waals surface area contributed by atoms with Crippen LogP contribution in [0.15, 0.2) is 0 Å². The van der Waals surface area contributed by atoms with E-state index in [1.807, 2.05) is 0 Å². The molecule has 0 aromatic heterocycles. The molecule has 1 heterocycles. The molecule has 0 aromatic rings. The van der Waals surface area contributed by atoms with Gasteiger partial charge in [0.15, 0.2) is 0 Å². The second-order valence-electron chi connectivity index (χ2n) is 3.09. The van der Waals surface area contributed by atoms with Gasteiger partial charge in [0.2, 0.25) is 0 Å². The summed E-state index contributed by atoms with van der Waals surface area (Å²) in [6, 6.07) is 0. The minimum absolute atomic E-state index is 0.652. The van der Waals surface area contributed by atoms with Crippen LogP contribution in [0.2, 0.25) is 0 Å². The molecule has 0 saturated carbocycles. The zero-order valence-electron chi connectivity index (χ0n) is 7.30. The van der Waals surface area contributed by atoms with E-state index in [0.717, 1.165) is 0 Å². The number of rotatable bonds is 1. The van der Waals surface area contributed by atoms with Crippen molar-refractivity contribution in [1.82, 2.24) is 9.80 Å². The van der Waals surface area contributed by atoms with Crippen LogP contribution in [0.4, 0.5) is 0 Å². The van der Waals surface area contributed by atoms with E-state index in [0.29, 0.717) is 6.17 Å². The van der Waals surface area contributed by atoms with Crippen molar-refractivity contribution >= 4 is 0 Å². The van der Waals surface area contributed by atoms with E-state index in [4.69, 9.17) is 0 Å². The van der Waals surface area contributed by atoms with E-state index in [-0.39, 0.29) is 0 Å². The molecule has 1 saturated heterocycles. The minimum Gasteiger partial charge on any atom is -0.291 e. The summed E-state index contributed by atoms with van der Waals surface area (Å²) in [4.78, 5) is 4.91. The van der Waals surface area contributed by atoms with Crippen molar-refractivity contribution in [1.29, 1.82) is 0 Å². The first-order valence-electron chi connectivity index (χ1n) is 4.20. The molecular formula is C8H18N2. The lowest BCUT2D eigenvalue weighted by Gasteiger charge is -2.39. The van der Waals surface area contributed by atoms with Crippen LogP contribution in [0.1, 0.15) is 20.3 Å². The van der Waals surface area contributed by atoms with Crippen molar-refractivity contribution in [2.24, 2.45) is 0 Å². The van der Waals surface area contributed by atoms with E-state index in [9.17, 15) is 0 Å². The molecule has 0 radical (unpaired) electrons. The first-order chi connectivity index (χ1) is 4.75. The van der Waals surface area contributed by atoms with Crippen LogP contribution in [0, 0.1) is 0 Å². The van der Waals surface area contributed by atoms with Crippen molar-refractivity contribution in [3.8, 4) is 0 Å². The van der Waals surface area contributed by atoms with Crippen molar-refractivity contribution in [2.75, 3.05) is 26.7 Å². The van der Waals surface area contributed by atoms with Gasteiger partial charge in [0.05, 0.1) is 6.17 Å². The number of nitrogens with zero attached hydrogens (tertiary/aromatic N) is 2. The molecule has 0 aromatic carbocycles. The van der Waals surface area contributed by atoms with Gasteiger partial charge in [-0.25, -0.2) is 0 Å². The lowest BCUT2D eigenvalue weighted by atomic mass is 10.2. The zero-order chi connectivity index (χ0) is 7.56. The van der Waals surface area contributed by atoms with E-state index in [1.165, 1.54) is 26.1 Å². The topological polar surface area (TPSA) is 6.48 Å². The highest BCUT2D eigenvalue weighted by atomic mass is 15.4. The molecule has 0 spiro atoms. The van der Waals surface area contributed by atoms with Gasteiger partial charge in [-0.1, -0.05) is 6.92 Å². The second kappa shape index (κ2) is 3.35. The van der Waals surface area contributed by atoms with Crippen molar-refractivity contribution in [3.05, 3.63) is 0 Å². The maximum atomic E-state index is 2.50. The summed E-state index contributed by atoms with van der Waals surface area (Å²) < 4.78 is 0. The van der Waals surface area contributed by atoms with Crippen LogP contribution >= 0.6 is 0 Å². The lowest BCUT2D eigenvalue weighted by molar-refractivity contribution is 0.0391. The summed E-state index contributed by atoms with van der Waals surface area (Å²) in [5.41, 5.74) is 0. The highest BCUT2D eigenvalue weighted by Gasteiger charge is 2.20. The Morgan fingerprint density at radius 1 is 1.40 bits per heavy atom. The predicted octanol–water partition coefficient (Wildman–Crippen LogP) is 0.990. The third-order valence-corrected chi connectivity index (χ3v) is 2.53. The first kappa shape index (κ1) is 8.02. The van der Waals surface area contributed by atoms with Crippen LogP contribution in [0.3, 0.4) is 0 Å². The van der Waals surface area contributed by atoms with Crippen LogP contribution in [0.25, 0.3) is 0 Å². The Hall–Kier alpha value is -0.0800. The van der Waals surface area contributed by atoms with Gasteiger partial charge < -0.3 is 0 Å². The summed E-state index contributed by atoms with van der Waals surface area (Å²) >= 11 is 0. The molecule has 1 fully saturated rings. The molecule has 10 heavy (non-hydrogen) atoms. The number of hydrogen-bond acceptors (Lipinski definition) is 2. The minimum atomic E-state index is 0.652. The molecule has 0 aliphatic carbocycles. The summed E-state index contributed by atoms with van der Waals surface area (Å²) in [7, 11) is 2.20. The maximum Gasteiger partial charge on any atom is 0.0590 e. The van der Waals surface area contributed by atoms with Crippen LogP contribution in [0.5, 0.6) is 0 Å². The predicted molar refractivity (Wildman–Crippen MR) is 44.0 cm³/mol. The Balaban J connectivity index is 2.42. The van der Waals surface area contributed by atoms with Gasteiger partial charge in [-0.2, -0.15) is 0 Å². The summed E-state index contributed by atoms with van der Waals surface area (Å²) in [6.45, 7) is 8.24. The van der Waals surface area contributed by atoms with Gasteiger partial charge >= 0.3 is 0 Å². The third kappa shape index (κ3) is 1.50. The lowest BCUT2D eigenvalue weighted by Crippen LogP contribution is -2.50. The average Bonchev–Trinajstić information content (AvgIpc) is 1.95. The molecule has 0 N–H and O–H groups in total. The second-order valence-corrected chi connectivity index (χ2v) is 3.09. The maximum absolute atomic E-state index is 2.50. The molecule has 2 heteroatoms. The highest BCUT2D eigenvalue weighted by Crippen LogP contribution is 2.10. The Labute approximate surface area is 63.8 Å². The van der Waals surface area contributed by atoms with Gasteiger partial charge in [-0.15, -0.1) is 0 Å². The van der Waals surface area contributed by atoms with E-state index in [2.05, 4.69) is 30.7 Å². The SMILES string of the molecule is CCN1CCCN(C)C1C. The first-order valence-corrected chi connectivity index (χ1v) is 4.20. The normalized spacial score (nSPS) is 30.9. The molecule has 1 atom stereocenters. The molecule has 0 bridgehead atoms. The van der Waals surface area contributed by atoms with Gasteiger partial charge in [-0.3, -0.25) is 9.80 Å². The molecule has 60 valence electrons. The van der Waals surface area contributed by atoms with Crippen molar-refractivity contribution in [3.63, 3.8) is 0 Å². The fourth-order valence-electron chi connectivity index (χ4n) is 1.60. The Morgan fingerprint density at radius 3 is 2.60 bits per heavy atom. The average molecular weight is 142 g/mol. The fraction of sp³-hybridized carbons (Fsp3) is 1.00. The van der Waals surface area contributed by atoms with E-state index >= 15 is 0 Å². The zero-order valence-corrected chi connectivity index (χ0v) is 7.30. The molecular weight excluding hydrogens is 124 g/mol. The van der Waals surface area contributed by atoms with Gasteiger partial charge in [-0.05, 0) is 26.9 Å². The largest absolute Gasteiger partial charge is 0.291 e. The van der Waals surface area contributed by atoms with Crippen LogP contribution in [-0.4, -0.2) is 42.6 Å². The smallest absolute Gasteiger partial charge is 0.0590 e. The molecule has 0 amide bonds. The summed E-state index contributed by atoms with van der Waals surface area (Å²) in [6.07, 6.45) is 1.98. The summed E-state index contributed by atoms with van der Waals surface area (Å²) in [5.74, 6) is 0. The standard InChI is InChI=1S/C8H18N2/c1-4-10-7-5-6-9(3)8(10)2/h8H,4-7H2,1-3H3. The van der Waals surface area contributed by atoms with Gasteiger partial charge in [0.1, 0.15) is 0 Å². The molecule has 1 aliphatic heterocycles. The van der Waals surface area contributed by atoms with Gasteiger partial charge in [0.25, 0.3) is 0 Å². The van der Waals surface area contributed by atoms with E-state index in [1.54, 1.807) is 0 Å². The van der Waals surface area contributed by atoms with Crippen molar-refractivity contribution < 1.29 is 0 Å².